The first kappa shape index (κ1) is 13.6. The second-order valence-corrected chi connectivity index (χ2v) is 4.98. The van der Waals surface area contributed by atoms with Crippen LogP contribution in [0.2, 0.25) is 0 Å². The highest BCUT2D eigenvalue weighted by molar-refractivity contribution is 6.05. The number of hydrogen-bond donors (Lipinski definition) is 1. The highest BCUT2D eigenvalue weighted by Gasteiger charge is 2.39. The molecule has 102 valence electrons. The lowest BCUT2D eigenvalue weighted by atomic mass is 10.2. The largest absolute Gasteiger partial charge is 0.300 e. The van der Waals surface area contributed by atoms with Gasteiger partial charge in [-0.2, -0.15) is 0 Å². The van der Waals surface area contributed by atoms with Gasteiger partial charge in [0, 0.05) is 25.0 Å². The molecule has 1 saturated heterocycles. The summed E-state index contributed by atoms with van der Waals surface area (Å²) in [5, 5.41) is 3.07. The summed E-state index contributed by atoms with van der Waals surface area (Å²) in [5.41, 5.74) is 1.61. The molecule has 0 spiro atoms. The first-order valence-corrected chi connectivity index (χ1v) is 6.36. The van der Waals surface area contributed by atoms with Crippen LogP contribution in [0, 0.1) is 6.92 Å². The predicted octanol–water partition coefficient (Wildman–Crippen LogP) is 0.411. The summed E-state index contributed by atoms with van der Waals surface area (Å²) in [6.07, 6.45) is 3.57. The number of hydrogen-bond acceptors (Lipinski definition) is 5. The van der Waals surface area contributed by atoms with E-state index in [0.29, 0.717) is 6.54 Å². The van der Waals surface area contributed by atoms with Gasteiger partial charge in [-0.1, -0.05) is 0 Å². The Kier molecular flexibility index (Phi) is 3.90. The smallest absolute Gasteiger partial charge is 0.247 e. The van der Waals surface area contributed by atoms with Crippen LogP contribution in [0.1, 0.15) is 31.7 Å². The topological polar surface area (TPSA) is 75.2 Å². The molecule has 1 aliphatic rings. The fraction of sp³-hybridized carbons (Fsp3) is 0.538. The number of rotatable bonds is 4. The van der Waals surface area contributed by atoms with Crippen molar-refractivity contribution in [2.45, 2.75) is 45.8 Å². The maximum atomic E-state index is 12.0. The molecular weight excluding hydrogens is 244 g/mol. The summed E-state index contributed by atoms with van der Waals surface area (Å²) in [6.45, 7) is 5.97. The van der Waals surface area contributed by atoms with Crippen molar-refractivity contribution < 1.29 is 9.59 Å². The number of amides is 2. The molecule has 0 bridgehead atoms. The van der Waals surface area contributed by atoms with Gasteiger partial charge in [0.15, 0.2) is 0 Å². The summed E-state index contributed by atoms with van der Waals surface area (Å²) in [5.74, 6) is -0.271. The Bertz CT molecular complexity index is 484. The van der Waals surface area contributed by atoms with Crippen LogP contribution in [0.15, 0.2) is 12.4 Å². The molecule has 1 atom stereocenters. The van der Waals surface area contributed by atoms with E-state index in [1.165, 1.54) is 4.90 Å². The minimum Gasteiger partial charge on any atom is -0.300 e. The minimum atomic E-state index is -0.446. The molecule has 6 heteroatoms. The zero-order valence-corrected chi connectivity index (χ0v) is 11.4. The van der Waals surface area contributed by atoms with Crippen LogP contribution >= 0.6 is 0 Å². The monoisotopic (exact) mass is 262 g/mol. The molecule has 19 heavy (non-hydrogen) atoms. The summed E-state index contributed by atoms with van der Waals surface area (Å²) < 4.78 is 0. The van der Waals surface area contributed by atoms with E-state index in [0.717, 1.165) is 11.4 Å². The maximum Gasteiger partial charge on any atom is 0.247 e. The van der Waals surface area contributed by atoms with Gasteiger partial charge in [-0.25, -0.2) is 0 Å². The Morgan fingerprint density at radius 3 is 2.63 bits per heavy atom. The molecular formula is C13H18N4O2. The van der Waals surface area contributed by atoms with E-state index in [2.05, 4.69) is 15.3 Å². The number of carbonyl (C=O) groups excluding carboxylic acids is 2. The number of aromatic nitrogens is 2. The third-order valence-corrected chi connectivity index (χ3v) is 3.06. The minimum absolute atomic E-state index is 0.0917. The number of likely N-dealkylation sites (tertiary alicyclic amines) is 1. The van der Waals surface area contributed by atoms with Crippen LogP contribution in [-0.2, 0) is 16.1 Å². The Labute approximate surface area is 112 Å². The van der Waals surface area contributed by atoms with Crippen molar-refractivity contribution in [3.05, 3.63) is 23.8 Å². The fourth-order valence-corrected chi connectivity index (χ4v) is 2.09. The van der Waals surface area contributed by atoms with Crippen LogP contribution in [0.4, 0.5) is 0 Å². The van der Waals surface area contributed by atoms with E-state index in [4.69, 9.17) is 0 Å². The van der Waals surface area contributed by atoms with E-state index in [1.807, 2.05) is 20.8 Å². The number of carbonyl (C=O) groups is 2. The lowest BCUT2D eigenvalue weighted by molar-refractivity contribution is -0.140. The average molecular weight is 262 g/mol. The molecule has 1 fully saturated rings. The van der Waals surface area contributed by atoms with Gasteiger partial charge in [-0.05, 0) is 20.8 Å². The molecule has 1 unspecified atom stereocenters. The quantitative estimate of drug-likeness (QED) is 0.795. The SMILES string of the molecule is Cc1cnc(CNC2CC(=O)N(C(C)C)C2=O)cn1. The summed E-state index contributed by atoms with van der Waals surface area (Å²) in [6, 6.07) is -0.538. The molecule has 2 rings (SSSR count). The fourth-order valence-electron chi connectivity index (χ4n) is 2.09. The van der Waals surface area contributed by atoms with Gasteiger partial charge < -0.3 is 0 Å². The second kappa shape index (κ2) is 5.44. The summed E-state index contributed by atoms with van der Waals surface area (Å²) >= 11 is 0. The zero-order valence-electron chi connectivity index (χ0n) is 11.4. The van der Waals surface area contributed by atoms with Crippen LogP contribution in [0.3, 0.4) is 0 Å². The van der Waals surface area contributed by atoms with Gasteiger partial charge in [-0.15, -0.1) is 0 Å². The van der Waals surface area contributed by atoms with Crippen molar-refractivity contribution in [2.24, 2.45) is 0 Å². The molecule has 1 aliphatic heterocycles. The van der Waals surface area contributed by atoms with Crippen molar-refractivity contribution >= 4 is 11.8 Å². The molecule has 0 radical (unpaired) electrons. The normalized spacial score (nSPS) is 19.6. The van der Waals surface area contributed by atoms with Gasteiger partial charge >= 0.3 is 0 Å². The van der Waals surface area contributed by atoms with Gasteiger partial charge in [0.25, 0.3) is 0 Å². The molecule has 0 aliphatic carbocycles. The Morgan fingerprint density at radius 2 is 2.11 bits per heavy atom. The van der Waals surface area contributed by atoms with Crippen molar-refractivity contribution in [3.8, 4) is 0 Å². The summed E-state index contributed by atoms with van der Waals surface area (Å²) in [4.78, 5) is 33.4. The first-order valence-electron chi connectivity index (χ1n) is 6.36. The van der Waals surface area contributed by atoms with Gasteiger partial charge in [0.2, 0.25) is 11.8 Å². The van der Waals surface area contributed by atoms with Crippen LogP contribution in [-0.4, -0.2) is 38.8 Å². The van der Waals surface area contributed by atoms with Gasteiger partial charge in [0.05, 0.1) is 23.9 Å². The maximum absolute atomic E-state index is 12.0. The molecule has 0 saturated carbocycles. The van der Waals surface area contributed by atoms with Gasteiger partial charge in [-0.3, -0.25) is 29.8 Å². The van der Waals surface area contributed by atoms with Crippen LogP contribution in [0.5, 0.6) is 0 Å². The highest BCUT2D eigenvalue weighted by Crippen LogP contribution is 2.16. The van der Waals surface area contributed by atoms with Gasteiger partial charge in [0.1, 0.15) is 0 Å². The predicted molar refractivity (Wildman–Crippen MR) is 69.0 cm³/mol. The van der Waals surface area contributed by atoms with Crippen LogP contribution < -0.4 is 5.32 Å². The first-order chi connectivity index (χ1) is 8.99. The highest BCUT2D eigenvalue weighted by atomic mass is 16.2. The van der Waals surface area contributed by atoms with E-state index in [-0.39, 0.29) is 24.3 Å². The molecule has 2 heterocycles. The Morgan fingerprint density at radius 1 is 1.37 bits per heavy atom. The summed E-state index contributed by atoms with van der Waals surface area (Å²) in [7, 11) is 0. The molecule has 1 N–H and O–H groups in total. The van der Waals surface area contributed by atoms with E-state index in [1.54, 1.807) is 12.4 Å². The Hall–Kier alpha value is -1.82. The lowest BCUT2D eigenvalue weighted by Gasteiger charge is -2.19. The van der Waals surface area contributed by atoms with E-state index < -0.39 is 6.04 Å². The molecule has 0 aromatic carbocycles. The molecule has 6 nitrogen and oxygen atoms in total. The third-order valence-electron chi connectivity index (χ3n) is 3.06. The number of nitrogens with one attached hydrogen (secondary N) is 1. The third kappa shape index (κ3) is 2.96. The van der Waals surface area contributed by atoms with E-state index in [9.17, 15) is 9.59 Å². The standard InChI is InChI=1S/C13H18N4O2/c1-8(2)17-12(18)4-11(13(17)19)16-7-10-6-14-9(3)5-15-10/h5-6,8,11,16H,4,7H2,1-3H3. The lowest BCUT2D eigenvalue weighted by Crippen LogP contribution is -2.41. The molecule has 2 amide bonds. The Balaban J connectivity index is 1.96. The molecule has 1 aromatic rings. The number of aryl methyl sites for hydroxylation is 1. The number of imide groups is 1. The average Bonchev–Trinajstić information content (AvgIpc) is 2.63. The van der Waals surface area contributed by atoms with Crippen molar-refractivity contribution in [2.75, 3.05) is 0 Å². The zero-order chi connectivity index (χ0) is 14.0. The van der Waals surface area contributed by atoms with Crippen molar-refractivity contribution in [1.82, 2.24) is 20.2 Å². The second-order valence-electron chi connectivity index (χ2n) is 4.98. The van der Waals surface area contributed by atoms with Crippen molar-refractivity contribution in [3.63, 3.8) is 0 Å². The van der Waals surface area contributed by atoms with E-state index >= 15 is 0 Å². The van der Waals surface area contributed by atoms with Crippen molar-refractivity contribution in [1.29, 1.82) is 0 Å². The van der Waals surface area contributed by atoms with Crippen LogP contribution in [0.25, 0.3) is 0 Å². The molecule has 1 aromatic heterocycles. The number of nitrogens with zero attached hydrogens (tertiary/aromatic N) is 3.